The Morgan fingerprint density at radius 2 is 2.29 bits per heavy atom. The fourth-order valence-corrected chi connectivity index (χ4v) is 1.16. The van der Waals surface area contributed by atoms with Crippen molar-refractivity contribution in [3.8, 4) is 0 Å². The van der Waals surface area contributed by atoms with Crippen molar-refractivity contribution < 1.29 is 4.74 Å². The Labute approximate surface area is 85.0 Å². The van der Waals surface area contributed by atoms with E-state index in [1.807, 2.05) is 11.6 Å². The molecule has 1 heterocycles. The Bertz CT molecular complexity index is 281. The first-order valence-corrected chi connectivity index (χ1v) is 4.97. The third-order valence-electron chi connectivity index (χ3n) is 2.04. The van der Waals surface area contributed by atoms with E-state index in [0.29, 0.717) is 12.5 Å². The zero-order chi connectivity index (χ0) is 10.6. The number of hydrogen-bond acceptors (Lipinski definition) is 3. The second-order valence-electron chi connectivity index (χ2n) is 3.88. The molecular formula is C10H19N3O. The molecule has 0 saturated carbocycles. The normalized spacial score (nSPS) is 11.1. The number of ether oxygens (including phenoxy) is 1. The molecule has 4 heteroatoms. The Balaban J connectivity index is 2.28. The van der Waals surface area contributed by atoms with Crippen molar-refractivity contribution in [2.24, 2.45) is 5.92 Å². The van der Waals surface area contributed by atoms with E-state index in [4.69, 9.17) is 10.5 Å². The Hall–Kier alpha value is -1.03. The molecule has 4 nitrogen and oxygen atoms in total. The molecule has 0 radical (unpaired) electrons. The second kappa shape index (κ2) is 5.00. The van der Waals surface area contributed by atoms with Gasteiger partial charge in [0.1, 0.15) is 0 Å². The van der Waals surface area contributed by atoms with Crippen LogP contribution in [0.25, 0.3) is 0 Å². The molecule has 1 aromatic heterocycles. The van der Waals surface area contributed by atoms with Crippen LogP contribution >= 0.6 is 0 Å². The van der Waals surface area contributed by atoms with E-state index in [9.17, 15) is 0 Å². The van der Waals surface area contributed by atoms with Gasteiger partial charge in [0.05, 0.1) is 30.7 Å². The monoisotopic (exact) mass is 197 g/mol. The summed E-state index contributed by atoms with van der Waals surface area (Å²) >= 11 is 0. The highest BCUT2D eigenvalue weighted by atomic mass is 16.5. The van der Waals surface area contributed by atoms with Gasteiger partial charge in [-0.1, -0.05) is 13.8 Å². The standard InChI is InChI=1S/C10H19N3O/c1-8(2)7-14-5-4-13-9(3)10(11)6-12-13/h6,8H,4-5,7,11H2,1-3H3. The summed E-state index contributed by atoms with van der Waals surface area (Å²) in [7, 11) is 0. The predicted molar refractivity (Wildman–Crippen MR) is 57.0 cm³/mol. The topological polar surface area (TPSA) is 53.1 Å². The van der Waals surface area contributed by atoms with Gasteiger partial charge in [0.2, 0.25) is 0 Å². The van der Waals surface area contributed by atoms with Crippen molar-refractivity contribution in [3.63, 3.8) is 0 Å². The molecule has 0 bridgehead atoms. The lowest BCUT2D eigenvalue weighted by Crippen LogP contribution is -2.11. The zero-order valence-electron chi connectivity index (χ0n) is 9.16. The molecule has 1 aromatic rings. The summed E-state index contributed by atoms with van der Waals surface area (Å²) in [5.74, 6) is 0.582. The van der Waals surface area contributed by atoms with Gasteiger partial charge in [0.15, 0.2) is 0 Å². The Morgan fingerprint density at radius 3 is 2.79 bits per heavy atom. The second-order valence-corrected chi connectivity index (χ2v) is 3.88. The first kappa shape index (κ1) is 11.0. The third kappa shape index (κ3) is 3.03. The summed E-state index contributed by atoms with van der Waals surface area (Å²) in [4.78, 5) is 0. The zero-order valence-corrected chi connectivity index (χ0v) is 9.16. The summed E-state index contributed by atoms with van der Waals surface area (Å²) in [5.41, 5.74) is 7.43. The molecule has 0 aliphatic carbocycles. The van der Waals surface area contributed by atoms with Crippen LogP contribution in [-0.2, 0) is 11.3 Å². The molecule has 0 spiro atoms. The average molecular weight is 197 g/mol. The number of hydrogen-bond donors (Lipinski definition) is 1. The van der Waals surface area contributed by atoms with Gasteiger partial charge in [-0.2, -0.15) is 5.10 Å². The summed E-state index contributed by atoms with van der Waals surface area (Å²) in [6.07, 6.45) is 1.68. The molecule has 0 fully saturated rings. The lowest BCUT2D eigenvalue weighted by Gasteiger charge is -2.07. The summed E-state index contributed by atoms with van der Waals surface area (Å²) in [5, 5.41) is 4.14. The van der Waals surface area contributed by atoms with Gasteiger partial charge >= 0.3 is 0 Å². The number of nitrogen functional groups attached to an aromatic ring is 1. The molecule has 0 atom stereocenters. The predicted octanol–water partition coefficient (Wildman–Crippen LogP) is 1.45. The highest BCUT2D eigenvalue weighted by molar-refractivity contribution is 5.39. The molecule has 0 unspecified atom stereocenters. The van der Waals surface area contributed by atoms with E-state index in [0.717, 1.165) is 24.5 Å². The fourth-order valence-electron chi connectivity index (χ4n) is 1.16. The molecule has 1 rings (SSSR count). The van der Waals surface area contributed by atoms with Crippen molar-refractivity contribution in [2.45, 2.75) is 27.3 Å². The summed E-state index contributed by atoms with van der Waals surface area (Å²) in [6, 6.07) is 0. The molecule has 80 valence electrons. The van der Waals surface area contributed by atoms with E-state index in [1.54, 1.807) is 6.20 Å². The van der Waals surface area contributed by atoms with Crippen LogP contribution in [0, 0.1) is 12.8 Å². The van der Waals surface area contributed by atoms with Gasteiger partial charge in [0.25, 0.3) is 0 Å². The van der Waals surface area contributed by atoms with Gasteiger partial charge in [-0.3, -0.25) is 4.68 Å². The van der Waals surface area contributed by atoms with Crippen LogP contribution in [0.15, 0.2) is 6.20 Å². The van der Waals surface area contributed by atoms with Crippen molar-refractivity contribution in [3.05, 3.63) is 11.9 Å². The van der Waals surface area contributed by atoms with Gasteiger partial charge in [-0.15, -0.1) is 0 Å². The first-order valence-electron chi connectivity index (χ1n) is 4.97. The largest absolute Gasteiger partial charge is 0.396 e. The van der Waals surface area contributed by atoms with Gasteiger partial charge in [-0.05, 0) is 12.8 Å². The minimum absolute atomic E-state index is 0.582. The van der Waals surface area contributed by atoms with Crippen LogP contribution in [0.2, 0.25) is 0 Å². The molecule has 0 amide bonds. The lowest BCUT2D eigenvalue weighted by atomic mass is 10.2. The van der Waals surface area contributed by atoms with Gasteiger partial charge in [-0.25, -0.2) is 0 Å². The highest BCUT2D eigenvalue weighted by Gasteiger charge is 2.02. The minimum Gasteiger partial charge on any atom is -0.396 e. The smallest absolute Gasteiger partial charge is 0.0730 e. The quantitative estimate of drug-likeness (QED) is 0.727. The maximum Gasteiger partial charge on any atom is 0.0730 e. The number of nitrogens with zero attached hydrogens (tertiary/aromatic N) is 2. The molecule has 14 heavy (non-hydrogen) atoms. The first-order chi connectivity index (χ1) is 6.61. The van der Waals surface area contributed by atoms with E-state index in [-0.39, 0.29) is 0 Å². The maximum absolute atomic E-state index is 5.67. The van der Waals surface area contributed by atoms with Gasteiger partial charge < -0.3 is 10.5 Å². The Morgan fingerprint density at radius 1 is 1.57 bits per heavy atom. The van der Waals surface area contributed by atoms with Gasteiger partial charge in [0, 0.05) is 6.61 Å². The number of rotatable bonds is 5. The van der Waals surface area contributed by atoms with E-state index in [1.165, 1.54) is 0 Å². The van der Waals surface area contributed by atoms with E-state index in [2.05, 4.69) is 18.9 Å². The van der Waals surface area contributed by atoms with Crippen LogP contribution in [0.4, 0.5) is 5.69 Å². The summed E-state index contributed by atoms with van der Waals surface area (Å²) in [6.45, 7) is 8.50. The van der Waals surface area contributed by atoms with Crippen molar-refractivity contribution in [1.82, 2.24) is 9.78 Å². The van der Waals surface area contributed by atoms with Crippen LogP contribution < -0.4 is 5.73 Å². The SMILES string of the molecule is Cc1c(N)cnn1CCOCC(C)C. The molecule has 0 saturated heterocycles. The van der Waals surface area contributed by atoms with Crippen molar-refractivity contribution in [2.75, 3.05) is 18.9 Å². The Kier molecular flexibility index (Phi) is 3.95. The fraction of sp³-hybridized carbons (Fsp3) is 0.700. The summed E-state index contributed by atoms with van der Waals surface area (Å²) < 4.78 is 7.33. The van der Waals surface area contributed by atoms with Crippen LogP contribution in [0.1, 0.15) is 19.5 Å². The van der Waals surface area contributed by atoms with E-state index >= 15 is 0 Å². The number of aromatic nitrogens is 2. The van der Waals surface area contributed by atoms with Crippen molar-refractivity contribution >= 4 is 5.69 Å². The lowest BCUT2D eigenvalue weighted by molar-refractivity contribution is 0.101. The van der Waals surface area contributed by atoms with Crippen LogP contribution in [0.3, 0.4) is 0 Å². The van der Waals surface area contributed by atoms with E-state index < -0.39 is 0 Å². The molecule has 0 aromatic carbocycles. The highest BCUT2D eigenvalue weighted by Crippen LogP contribution is 2.07. The maximum atomic E-state index is 5.67. The molecular weight excluding hydrogens is 178 g/mol. The van der Waals surface area contributed by atoms with Crippen molar-refractivity contribution in [1.29, 1.82) is 0 Å². The van der Waals surface area contributed by atoms with Crippen LogP contribution in [-0.4, -0.2) is 23.0 Å². The third-order valence-corrected chi connectivity index (χ3v) is 2.04. The number of nitrogens with two attached hydrogens (primary N) is 1. The molecule has 0 aliphatic rings. The van der Waals surface area contributed by atoms with Crippen LogP contribution in [0.5, 0.6) is 0 Å². The average Bonchev–Trinajstić information content (AvgIpc) is 2.43. The number of anilines is 1. The molecule has 0 aliphatic heterocycles. The molecule has 2 N–H and O–H groups in total. The minimum atomic E-state index is 0.582.